The molecule has 1 aliphatic heterocycles. The molecule has 2 rings (SSSR count). The summed E-state index contributed by atoms with van der Waals surface area (Å²) in [5.41, 5.74) is 0. The molecule has 0 amide bonds. The summed E-state index contributed by atoms with van der Waals surface area (Å²) in [7, 11) is 1.86. The van der Waals surface area contributed by atoms with Crippen molar-refractivity contribution < 1.29 is 4.74 Å². The topological polar surface area (TPSA) is 50.3 Å². The minimum Gasteiger partial charge on any atom is -0.378 e. The van der Waals surface area contributed by atoms with Crippen molar-refractivity contribution in [2.75, 3.05) is 43.6 Å². The Labute approximate surface area is 81.0 Å². The normalized spacial score (nSPS) is 17.5. The largest absolute Gasteiger partial charge is 0.378 e. The lowest BCUT2D eigenvalue weighted by Gasteiger charge is -2.26. The van der Waals surface area contributed by atoms with Gasteiger partial charge in [0.15, 0.2) is 11.6 Å². The zero-order valence-electron chi connectivity index (χ0n) is 7.49. The molecule has 0 bridgehead atoms. The molecule has 2 heterocycles. The van der Waals surface area contributed by atoms with E-state index in [0.717, 1.165) is 37.9 Å². The van der Waals surface area contributed by atoms with Crippen molar-refractivity contribution in [2.45, 2.75) is 0 Å². The fraction of sp³-hybridized carbons (Fsp3) is 0.714. The van der Waals surface area contributed by atoms with E-state index in [9.17, 15) is 0 Å². The van der Waals surface area contributed by atoms with Crippen molar-refractivity contribution in [1.29, 1.82) is 0 Å². The summed E-state index contributed by atoms with van der Waals surface area (Å²) < 4.78 is 13.7. The Morgan fingerprint density at radius 2 is 2.15 bits per heavy atom. The highest BCUT2D eigenvalue weighted by atomic mass is 32.1. The Kier molecular flexibility index (Phi) is 2.60. The molecule has 6 heteroatoms. The standard InChI is InChI=1S/C7H12N4OS/c1-8-6-7(10-13-9-6)11-2-4-12-5-3-11/h2-5H2,1H3,(H,8,9). The van der Waals surface area contributed by atoms with Crippen LogP contribution in [0.3, 0.4) is 0 Å². The molecule has 5 nitrogen and oxygen atoms in total. The van der Waals surface area contributed by atoms with Crippen LogP contribution in [0.15, 0.2) is 0 Å². The van der Waals surface area contributed by atoms with Crippen molar-refractivity contribution in [3.05, 3.63) is 0 Å². The van der Waals surface area contributed by atoms with E-state index >= 15 is 0 Å². The van der Waals surface area contributed by atoms with E-state index in [4.69, 9.17) is 4.74 Å². The Hall–Kier alpha value is -0.880. The molecule has 13 heavy (non-hydrogen) atoms. The molecule has 1 N–H and O–H groups in total. The van der Waals surface area contributed by atoms with E-state index in [2.05, 4.69) is 19.0 Å². The molecule has 0 radical (unpaired) electrons. The molecule has 1 aromatic heterocycles. The van der Waals surface area contributed by atoms with E-state index in [0.29, 0.717) is 0 Å². The minimum atomic E-state index is 0.778. The van der Waals surface area contributed by atoms with Crippen LogP contribution in [0, 0.1) is 0 Å². The summed E-state index contributed by atoms with van der Waals surface area (Å²) in [6.45, 7) is 3.36. The molecular formula is C7H12N4OS. The van der Waals surface area contributed by atoms with Gasteiger partial charge in [0.2, 0.25) is 0 Å². The maximum Gasteiger partial charge on any atom is 0.187 e. The lowest BCUT2D eigenvalue weighted by atomic mass is 10.4. The van der Waals surface area contributed by atoms with Crippen molar-refractivity contribution >= 4 is 23.4 Å². The van der Waals surface area contributed by atoms with Gasteiger partial charge in [-0.15, -0.1) is 0 Å². The van der Waals surface area contributed by atoms with Gasteiger partial charge in [-0.05, 0) is 0 Å². The molecule has 0 unspecified atom stereocenters. The second-order valence-corrected chi connectivity index (χ2v) is 3.31. The highest BCUT2D eigenvalue weighted by molar-refractivity contribution is 6.99. The van der Waals surface area contributed by atoms with E-state index in [-0.39, 0.29) is 0 Å². The van der Waals surface area contributed by atoms with Crippen LogP contribution in [0.1, 0.15) is 0 Å². The Bertz CT molecular complexity index is 271. The van der Waals surface area contributed by atoms with Crippen molar-refractivity contribution in [2.24, 2.45) is 0 Å². The first-order chi connectivity index (χ1) is 6.42. The molecule has 72 valence electrons. The average Bonchev–Trinajstić information content (AvgIpc) is 2.67. The number of nitrogens with one attached hydrogen (secondary N) is 1. The van der Waals surface area contributed by atoms with Gasteiger partial charge < -0.3 is 15.0 Å². The molecule has 1 saturated heterocycles. The lowest BCUT2D eigenvalue weighted by Crippen LogP contribution is -2.36. The van der Waals surface area contributed by atoms with Crippen LogP contribution in [0.2, 0.25) is 0 Å². The zero-order valence-corrected chi connectivity index (χ0v) is 8.30. The third kappa shape index (κ3) is 1.73. The van der Waals surface area contributed by atoms with E-state index in [1.165, 1.54) is 11.7 Å². The van der Waals surface area contributed by atoms with Gasteiger partial charge in [0.25, 0.3) is 0 Å². The van der Waals surface area contributed by atoms with Crippen LogP contribution >= 0.6 is 11.7 Å². The first-order valence-corrected chi connectivity index (χ1v) is 4.98. The second kappa shape index (κ2) is 3.89. The smallest absolute Gasteiger partial charge is 0.187 e. The van der Waals surface area contributed by atoms with Gasteiger partial charge in [0, 0.05) is 20.1 Å². The molecule has 1 aromatic rings. The summed E-state index contributed by atoms with van der Waals surface area (Å²) in [5, 5.41) is 3.03. The van der Waals surface area contributed by atoms with Crippen LogP contribution in [0.25, 0.3) is 0 Å². The maximum absolute atomic E-state index is 5.26. The number of hydrogen-bond acceptors (Lipinski definition) is 6. The predicted molar refractivity (Wildman–Crippen MR) is 52.5 cm³/mol. The summed E-state index contributed by atoms with van der Waals surface area (Å²) in [6.07, 6.45) is 0. The van der Waals surface area contributed by atoms with Crippen LogP contribution in [0.4, 0.5) is 11.6 Å². The number of nitrogens with zero attached hydrogens (tertiary/aromatic N) is 3. The molecule has 0 saturated carbocycles. The van der Waals surface area contributed by atoms with Crippen LogP contribution < -0.4 is 10.2 Å². The van der Waals surface area contributed by atoms with Crippen LogP contribution in [0.5, 0.6) is 0 Å². The molecule has 0 spiro atoms. The number of anilines is 2. The van der Waals surface area contributed by atoms with Crippen molar-refractivity contribution in [3.8, 4) is 0 Å². The molecular weight excluding hydrogens is 188 g/mol. The van der Waals surface area contributed by atoms with Gasteiger partial charge >= 0.3 is 0 Å². The quantitative estimate of drug-likeness (QED) is 0.749. The van der Waals surface area contributed by atoms with E-state index < -0.39 is 0 Å². The highest BCUT2D eigenvalue weighted by Crippen LogP contribution is 2.22. The first-order valence-electron chi connectivity index (χ1n) is 4.25. The first kappa shape index (κ1) is 8.71. The summed E-state index contributed by atoms with van der Waals surface area (Å²) >= 11 is 1.24. The highest BCUT2D eigenvalue weighted by Gasteiger charge is 2.17. The lowest BCUT2D eigenvalue weighted by molar-refractivity contribution is 0.122. The van der Waals surface area contributed by atoms with Gasteiger partial charge in [-0.1, -0.05) is 0 Å². The van der Waals surface area contributed by atoms with Gasteiger partial charge in [-0.25, -0.2) is 0 Å². The summed E-state index contributed by atoms with van der Waals surface area (Å²) in [5.74, 6) is 1.82. The fourth-order valence-corrected chi connectivity index (χ4v) is 1.90. The van der Waals surface area contributed by atoms with Gasteiger partial charge in [-0.3, -0.25) is 0 Å². The third-order valence-electron chi connectivity index (χ3n) is 2.02. The average molecular weight is 200 g/mol. The minimum absolute atomic E-state index is 0.778. The maximum atomic E-state index is 5.26. The van der Waals surface area contributed by atoms with E-state index in [1.54, 1.807) is 0 Å². The molecule has 0 aromatic carbocycles. The fourth-order valence-electron chi connectivity index (χ4n) is 1.32. The molecule has 1 aliphatic rings. The van der Waals surface area contributed by atoms with Gasteiger partial charge in [-0.2, -0.15) is 8.75 Å². The molecule has 1 fully saturated rings. The number of hydrogen-bond donors (Lipinski definition) is 1. The zero-order chi connectivity index (χ0) is 9.10. The number of rotatable bonds is 2. The van der Waals surface area contributed by atoms with Crippen molar-refractivity contribution in [3.63, 3.8) is 0 Å². The molecule has 0 aliphatic carbocycles. The SMILES string of the molecule is CNc1nsnc1N1CCOCC1. The van der Waals surface area contributed by atoms with Crippen LogP contribution in [-0.2, 0) is 4.74 Å². The Morgan fingerprint density at radius 3 is 2.85 bits per heavy atom. The monoisotopic (exact) mass is 200 g/mol. The van der Waals surface area contributed by atoms with Gasteiger partial charge in [0.1, 0.15) is 0 Å². The predicted octanol–water partition coefficient (Wildman–Crippen LogP) is 0.416. The van der Waals surface area contributed by atoms with Gasteiger partial charge in [0.05, 0.1) is 24.9 Å². The Balaban J connectivity index is 2.13. The number of morpholine rings is 1. The second-order valence-electron chi connectivity index (χ2n) is 2.79. The van der Waals surface area contributed by atoms with Crippen LogP contribution in [-0.4, -0.2) is 42.1 Å². The Morgan fingerprint density at radius 1 is 1.38 bits per heavy atom. The summed E-state index contributed by atoms with van der Waals surface area (Å²) in [6, 6.07) is 0. The number of ether oxygens (including phenoxy) is 1. The molecule has 0 atom stereocenters. The number of aromatic nitrogens is 2. The van der Waals surface area contributed by atoms with Crippen molar-refractivity contribution in [1.82, 2.24) is 8.75 Å². The summed E-state index contributed by atoms with van der Waals surface area (Å²) in [4.78, 5) is 2.19. The third-order valence-corrected chi connectivity index (χ3v) is 2.54. The van der Waals surface area contributed by atoms with E-state index in [1.807, 2.05) is 7.05 Å².